The zero-order chi connectivity index (χ0) is 22.8. The molecule has 0 radical (unpaired) electrons. The van der Waals surface area contributed by atoms with Gasteiger partial charge in [0.25, 0.3) is 0 Å². The monoisotopic (exact) mass is 567 g/mol. The van der Waals surface area contributed by atoms with Gasteiger partial charge in [-0.15, -0.1) is 35.3 Å². The minimum Gasteiger partial charge on any atom is -0.444 e. The van der Waals surface area contributed by atoms with E-state index in [9.17, 15) is 9.59 Å². The van der Waals surface area contributed by atoms with Gasteiger partial charge in [-0.1, -0.05) is 19.9 Å². The Balaban J connectivity index is 0.00000900. The number of carbonyl (C=O) groups excluding carboxylic acids is 2. The Morgan fingerprint density at radius 1 is 1.16 bits per heavy atom. The SMILES string of the molecule is CCC(CC)(CNC(=NCC(=O)N(C)C)NCc1cccs1)NC(=O)OC(C)(C)C.I. The summed E-state index contributed by atoms with van der Waals surface area (Å²) in [6, 6.07) is 4.03. The van der Waals surface area contributed by atoms with Crippen LogP contribution < -0.4 is 16.0 Å². The van der Waals surface area contributed by atoms with Crippen molar-refractivity contribution in [2.75, 3.05) is 27.2 Å². The number of amides is 2. The highest BCUT2D eigenvalue weighted by molar-refractivity contribution is 14.0. The fraction of sp³-hybridized carbons (Fsp3) is 0.667. The molecule has 0 atom stereocenters. The van der Waals surface area contributed by atoms with Crippen LogP contribution in [-0.4, -0.2) is 61.2 Å². The lowest BCUT2D eigenvalue weighted by Crippen LogP contribution is -2.57. The molecule has 0 bridgehead atoms. The third-order valence-corrected chi connectivity index (χ3v) is 5.47. The number of halogens is 1. The van der Waals surface area contributed by atoms with Gasteiger partial charge in [0.05, 0.1) is 12.1 Å². The number of thiophene rings is 1. The van der Waals surface area contributed by atoms with E-state index in [1.165, 1.54) is 4.90 Å². The van der Waals surface area contributed by atoms with Gasteiger partial charge in [0, 0.05) is 25.5 Å². The second kappa shape index (κ2) is 13.8. The molecule has 0 unspecified atom stereocenters. The molecule has 10 heteroatoms. The smallest absolute Gasteiger partial charge is 0.408 e. The van der Waals surface area contributed by atoms with E-state index in [0.717, 1.165) is 4.88 Å². The number of ether oxygens (including phenoxy) is 1. The van der Waals surface area contributed by atoms with Crippen molar-refractivity contribution >= 4 is 53.3 Å². The molecule has 2 amide bonds. The molecule has 0 aromatic carbocycles. The lowest BCUT2D eigenvalue weighted by Gasteiger charge is -2.34. The zero-order valence-electron chi connectivity index (χ0n) is 19.7. The summed E-state index contributed by atoms with van der Waals surface area (Å²) >= 11 is 1.65. The first-order chi connectivity index (χ1) is 14.0. The van der Waals surface area contributed by atoms with Crippen LogP contribution in [0.5, 0.6) is 0 Å². The number of hydrogen-bond donors (Lipinski definition) is 3. The van der Waals surface area contributed by atoms with Crippen LogP contribution in [-0.2, 0) is 16.1 Å². The third kappa shape index (κ3) is 11.6. The fourth-order valence-corrected chi connectivity index (χ4v) is 3.18. The molecule has 1 rings (SSSR count). The number of aliphatic imine (C=N–C) groups is 1. The average Bonchev–Trinajstić information content (AvgIpc) is 3.18. The van der Waals surface area contributed by atoms with E-state index in [2.05, 4.69) is 20.9 Å². The van der Waals surface area contributed by atoms with Crippen molar-refractivity contribution in [2.24, 2.45) is 4.99 Å². The van der Waals surface area contributed by atoms with E-state index in [1.54, 1.807) is 25.4 Å². The molecule has 1 aromatic heterocycles. The molecule has 0 aliphatic heterocycles. The average molecular weight is 568 g/mol. The highest BCUT2D eigenvalue weighted by atomic mass is 127. The van der Waals surface area contributed by atoms with Crippen molar-refractivity contribution in [3.63, 3.8) is 0 Å². The van der Waals surface area contributed by atoms with Gasteiger partial charge in [0.2, 0.25) is 5.91 Å². The Kier molecular flexibility index (Phi) is 13.1. The zero-order valence-corrected chi connectivity index (χ0v) is 22.9. The summed E-state index contributed by atoms with van der Waals surface area (Å²) in [5.41, 5.74) is -1.06. The van der Waals surface area contributed by atoms with Gasteiger partial charge in [-0.2, -0.15) is 0 Å². The molecule has 1 heterocycles. The Morgan fingerprint density at radius 2 is 1.81 bits per heavy atom. The van der Waals surface area contributed by atoms with Crippen LogP contribution in [0.25, 0.3) is 0 Å². The quantitative estimate of drug-likeness (QED) is 0.241. The van der Waals surface area contributed by atoms with Gasteiger partial charge in [-0.3, -0.25) is 4.79 Å². The van der Waals surface area contributed by atoms with Gasteiger partial charge in [0.15, 0.2) is 5.96 Å². The third-order valence-electron chi connectivity index (χ3n) is 4.60. The number of hydrogen-bond acceptors (Lipinski definition) is 5. The summed E-state index contributed by atoms with van der Waals surface area (Å²) in [4.78, 5) is 31.4. The van der Waals surface area contributed by atoms with Gasteiger partial charge in [0.1, 0.15) is 12.1 Å². The summed E-state index contributed by atoms with van der Waals surface area (Å²) in [7, 11) is 3.40. The first kappa shape index (κ1) is 29.4. The molecule has 1 aromatic rings. The lowest BCUT2D eigenvalue weighted by molar-refractivity contribution is -0.127. The molecule has 31 heavy (non-hydrogen) atoms. The second-order valence-corrected chi connectivity index (χ2v) is 9.39. The van der Waals surface area contributed by atoms with E-state index in [4.69, 9.17) is 4.74 Å². The number of alkyl carbamates (subject to hydrolysis) is 1. The van der Waals surface area contributed by atoms with Crippen molar-refractivity contribution < 1.29 is 14.3 Å². The van der Waals surface area contributed by atoms with Crippen LogP contribution >= 0.6 is 35.3 Å². The maximum atomic E-state index is 12.4. The van der Waals surface area contributed by atoms with E-state index in [1.807, 2.05) is 52.1 Å². The number of nitrogens with zero attached hydrogens (tertiary/aromatic N) is 2. The van der Waals surface area contributed by atoms with Gasteiger partial charge >= 0.3 is 6.09 Å². The number of nitrogens with one attached hydrogen (secondary N) is 3. The van der Waals surface area contributed by atoms with Crippen molar-refractivity contribution in [3.8, 4) is 0 Å². The van der Waals surface area contributed by atoms with Gasteiger partial charge in [-0.05, 0) is 45.1 Å². The molecule has 8 nitrogen and oxygen atoms in total. The van der Waals surface area contributed by atoms with Crippen molar-refractivity contribution in [1.82, 2.24) is 20.9 Å². The number of guanidine groups is 1. The molecular weight excluding hydrogens is 529 g/mol. The largest absolute Gasteiger partial charge is 0.444 e. The maximum absolute atomic E-state index is 12.4. The van der Waals surface area contributed by atoms with Crippen LogP contribution in [0.1, 0.15) is 52.3 Å². The molecule has 0 fully saturated rings. The topological polar surface area (TPSA) is 95.1 Å². The lowest BCUT2D eigenvalue weighted by atomic mass is 9.93. The summed E-state index contributed by atoms with van der Waals surface area (Å²) in [5.74, 6) is 0.437. The van der Waals surface area contributed by atoms with E-state index < -0.39 is 17.2 Å². The number of likely N-dealkylation sites (N-methyl/N-ethyl adjacent to an activating group) is 1. The van der Waals surface area contributed by atoms with Crippen LogP contribution in [0, 0.1) is 0 Å². The number of carbonyl (C=O) groups is 2. The Morgan fingerprint density at radius 3 is 2.29 bits per heavy atom. The van der Waals surface area contributed by atoms with Crippen LogP contribution in [0.4, 0.5) is 4.79 Å². The predicted octanol–water partition coefficient (Wildman–Crippen LogP) is 3.57. The predicted molar refractivity (Wildman–Crippen MR) is 138 cm³/mol. The standard InChI is InChI=1S/C21H37N5O3S.HI/c1-8-21(9-2,25-19(28)29-20(3,4)5)15-24-18(23-14-17(27)26(6)7)22-13-16-11-10-12-30-16;/h10-12H,8-9,13-15H2,1-7H3,(H,25,28)(H2,22,23,24);1H. The first-order valence-corrected chi connectivity index (χ1v) is 11.1. The molecule has 0 aliphatic rings. The Labute approximate surface area is 207 Å². The highest BCUT2D eigenvalue weighted by Crippen LogP contribution is 2.16. The van der Waals surface area contributed by atoms with Crippen LogP contribution in [0.3, 0.4) is 0 Å². The summed E-state index contributed by atoms with van der Waals surface area (Å²) in [5, 5.41) is 11.6. The first-order valence-electron chi connectivity index (χ1n) is 10.3. The normalized spacial score (nSPS) is 11.9. The summed E-state index contributed by atoms with van der Waals surface area (Å²) < 4.78 is 5.43. The van der Waals surface area contributed by atoms with E-state index in [0.29, 0.717) is 31.9 Å². The number of rotatable bonds is 9. The summed E-state index contributed by atoms with van der Waals surface area (Å²) in [6.45, 7) is 10.7. The highest BCUT2D eigenvalue weighted by Gasteiger charge is 2.30. The van der Waals surface area contributed by atoms with E-state index in [-0.39, 0.29) is 36.4 Å². The molecular formula is C21H38IN5O3S. The van der Waals surface area contributed by atoms with E-state index >= 15 is 0 Å². The second-order valence-electron chi connectivity index (χ2n) is 8.35. The van der Waals surface area contributed by atoms with Crippen molar-refractivity contribution in [3.05, 3.63) is 22.4 Å². The van der Waals surface area contributed by atoms with Crippen LogP contribution in [0.15, 0.2) is 22.5 Å². The molecule has 3 N–H and O–H groups in total. The molecule has 0 aliphatic carbocycles. The minimum atomic E-state index is -0.563. The Hall–Kier alpha value is -1.56. The van der Waals surface area contributed by atoms with Gasteiger partial charge < -0.3 is 25.6 Å². The minimum absolute atomic E-state index is 0. The summed E-state index contributed by atoms with van der Waals surface area (Å²) in [6.07, 6.45) is 0.982. The molecule has 178 valence electrons. The maximum Gasteiger partial charge on any atom is 0.408 e. The Bertz CT molecular complexity index is 698. The van der Waals surface area contributed by atoms with Gasteiger partial charge in [-0.25, -0.2) is 9.79 Å². The van der Waals surface area contributed by atoms with Crippen molar-refractivity contribution in [1.29, 1.82) is 0 Å². The van der Waals surface area contributed by atoms with Crippen LogP contribution in [0.2, 0.25) is 0 Å². The fourth-order valence-electron chi connectivity index (χ4n) is 2.54. The molecule has 0 saturated heterocycles. The molecule has 0 saturated carbocycles. The van der Waals surface area contributed by atoms with Crippen molar-refractivity contribution in [2.45, 2.75) is 65.1 Å². The molecule has 0 spiro atoms.